The number of hydrazine groups is 1. The van der Waals surface area contributed by atoms with Gasteiger partial charge in [-0.2, -0.15) is 0 Å². The zero-order chi connectivity index (χ0) is 13.5. The van der Waals surface area contributed by atoms with Crippen LogP contribution in [0.2, 0.25) is 0 Å². The van der Waals surface area contributed by atoms with Gasteiger partial charge in [-0.1, -0.05) is 31.2 Å². The molecule has 1 rings (SSSR count). The number of carboxylic acid groups (broad SMARTS) is 1. The van der Waals surface area contributed by atoms with Gasteiger partial charge in [0.05, 0.1) is 0 Å². The Bertz CT molecular complexity index is 374. The molecule has 0 spiro atoms. The Balaban J connectivity index is 2.61. The average molecular weight is 250 g/mol. The Morgan fingerprint density at radius 2 is 1.72 bits per heavy atom. The first kappa shape index (κ1) is 14.7. The maximum atomic E-state index is 11.1. The third-order valence-corrected chi connectivity index (χ3v) is 2.72. The highest BCUT2D eigenvalue weighted by atomic mass is 16.4. The highest BCUT2D eigenvalue weighted by Gasteiger charge is 2.17. The normalized spacial score (nSPS) is 12.7. The van der Waals surface area contributed by atoms with E-state index < -0.39 is 12.0 Å². The first-order chi connectivity index (χ1) is 8.52. The Labute approximate surface area is 108 Å². The molecule has 0 bridgehead atoms. The van der Waals surface area contributed by atoms with E-state index in [4.69, 9.17) is 5.11 Å². The third kappa shape index (κ3) is 4.85. The largest absolute Gasteiger partial charge is 0.480 e. The molecule has 18 heavy (non-hydrogen) atoms. The Hall–Kier alpha value is -1.39. The number of nitrogens with one attached hydrogen (secondary N) is 2. The number of aliphatic carboxylic acids is 1. The van der Waals surface area contributed by atoms with Gasteiger partial charge < -0.3 is 5.11 Å². The summed E-state index contributed by atoms with van der Waals surface area (Å²) >= 11 is 0. The lowest BCUT2D eigenvalue weighted by Gasteiger charge is -2.17. The van der Waals surface area contributed by atoms with Gasteiger partial charge in [-0.05, 0) is 37.8 Å². The van der Waals surface area contributed by atoms with Gasteiger partial charge in [0.25, 0.3) is 0 Å². The minimum absolute atomic E-state index is 0.203. The number of hydrogen-bond donors (Lipinski definition) is 3. The summed E-state index contributed by atoms with van der Waals surface area (Å²) in [4.78, 5) is 11.1. The molecule has 100 valence electrons. The van der Waals surface area contributed by atoms with Crippen molar-refractivity contribution in [2.24, 2.45) is 0 Å². The Morgan fingerprint density at radius 3 is 2.17 bits per heavy atom. The van der Waals surface area contributed by atoms with Crippen molar-refractivity contribution in [2.45, 2.75) is 45.7 Å². The molecule has 3 N–H and O–H groups in total. The van der Waals surface area contributed by atoms with Crippen LogP contribution in [0.3, 0.4) is 0 Å². The molecule has 0 amide bonds. The molecule has 1 aromatic carbocycles. The second-order valence-electron chi connectivity index (χ2n) is 4.71. The number of benzene rings is 1. The van der Waals surface area contributed by atoms with Crippen molar-refractivity contribution in [3.8, 4) is 0 Å². The van der Waals surface area contributed by atoms with Gasteiger partial charge in [0.1, 0.15) is 6.04 Å². The minimum Gasteiger partial charge on any atom is -0.480 e. The molecule has 4 heteroatoms. The summed E-state index contributed by atoms with van der Waals surface area (Å²) < 4.78 is 0. The highest BCUT2D eigenvalue weighted by Crippen LogP contribution is 2.07. The Morgan fingerprint density at radius 1 is 1.17 bits per heavy atom. The smallest absolute Gasteiger partial charge is 0.322 e. The minimum atomic E-state index is -0.845. The van der Waals surface area contributed by atoms with Crippen LogP contribution >= 0.6 is 0 Å². The molecule has 0 saturated heterocycles. The monoisotopic (exact) mass is 250 g/mol. The molecule has 1 atom stereocenters. The van der Waals surface area contributed by atoms with Gasteiger partial charge in [0.15, 0.2) is 0 Å². The quantitative estimate of drug-likeness (QED) is 0.645. The molecule has 0 unspecified atom stereocenters. The summed E-state index contributed by atoms with van der Waals surface area (Å²) in [6.45, 7) is 6.02. The number of carboxylic acids is 1. The molecule has 0 saturated carbocycles. The molecule has 0 fully saturated rings. The Kier molecular flexibility index (Phi) is 5.82. The van der Waals surface area contributed by atoms with E-state index in [9.17, 15) is 4.79 Å². The van der Waals surface area contributed by atoms with Crippen LogP contribution in [-0.2, 0) is 17.6 Å². The number of aryl methyl sites for hydroxylation is 1. The van der Waals surface area contributed by atoms with E-state index in [-0.39, 0.29) is 6.04 Å². The van der Waals surface area contributed by atoms with Gasteiger partial charge >= 0.3 is 5.97 Å². The number of carbonyl (C=O) groups is 1. The van der Waals surface area contributed by atoms with Gasteiger partial charge in [-0.3, -0.25) is 10.2 Å². The zero-order valence-electron chi connectivity index (χ0n) is 11.2. The van der Waals surface area contributed by atoms with Crippen LogP contribution in [0.5, 0.6) is 0 Å². The lowest BCUT2D eigenvalue weighted by atomic mass is 10.0. The van der Waals surface area contributed by atoms with Crippen molar-refractivity contribution in [1.82, 2.24) is 10.9 Å². The number of hydrogen-bond acceptors (Lipinski definition) is 3. The van der Waals surface area contributed by atoms with Crippen LogP contribution in [-0.4, -0.2) is 23.2 Å². The summed E-state index contributed by atoms with van der Waals surface area (Å²) in [6.07, 6.45) is 1.47. The lowest BCUT2D eigenvalue weighted by molar-refractivity contribution is -0.139. The number of rotatable bonds is 7. The van der Waals surface area contributed by atoms with Crippen LogP contribution < -0.4 is 10.9 Å². The summed E-state index contributed by atoms with van der Waals surface area (Å²) in [5, 5.41) is 9.15. The summed E-state index contributed by atoms with van der Waals surface area (Å²) in [5.41, 5.74) is 8.07. The van der Waals surface area contributed by atoms with Crippen LogP contribution in [0.1, 0.15) is 31.9 Å². The molecule has 0 aliphatic heterocycles. The SMILES string of the molecule is CCc1ccc(C[C@H](NNC(C)C)C(=O)O)cc1. The predicted octanol–water partition coefficient (Wildman–Crippen LogP) is 1.75. The van der Waals surface area contributed by atoms with Gasteiger partial charge in [-0.25, -0.2) is 5.43 Å². The first-order valence-corrected chi connectivity index (χ1v) is 6.34. The van der Waals surface area contributed by atoms with E-state index in [0.717, 1.165) is 12.0 Å². The molecule has 0 radical (unpaired) electrons. The van der Waals surface area contributed by atoms with Crippen molar-refractivity contribution in [2.75, 3.05) is 0 Å². The van der Waals surface area contributed by atoms with Crippen LogP contribution in [0.4, 0.5) is 0 Å². The highest BCUT2D eigenvalue weighted by molar-refractivity contribution is 5.73. The van der Waals surface area contributed by atoms with Crippen molar-refractivity contribution < 1.29 is 9.90 Å². The zero-order valence-corrected chi connectivity index (χ0v) is 11.2. The van der Waals surface area contributed by atoms with Gasteiger partial charge in [0.2, 0.25) is 0 Å². The van der Waals surface area contributed by atoms with Crippen LogP contribution in [0, 0.1) is 0 Å². The maximum absolute atomic E-state index is 11.1. The standard InChI is InChI=1S/C14H22N2O2/c1-4-11-5-7-12(8-6-11)9-13(14(17)18)16-15-10(2)3/h5-8,10,13,15-16H,4,9H2,1-3H3,(H,17,18)/t13-/m0/s1. The van der Waals surface area contributed by atoms with E-state index in [1.807, 2.05) is 38.1 Å². The van der Waals surface area contributed by atoms with Gasteiger partial charge in [0, 0.05) is 6.04 Å². The summed E-state index contributed by atoms with van der Waals surface area (Å²) in [7, 11) is 0. The van der Waals surface area contributed by atoms with Crippen molar-refractivity contribution in [3.63, 3.8) is 0 Å². The lowest BCUT2D eigenvalue weighted by Crippen LogP contribution is -2.49. The molecule has 0 aliphatic rings. The fourth-order valence-electron chi connectivity index (χ4n) is 1.61. The molecule has 0 heterocycles. The van der Waals surface area contributed by atoms with E-state index in [1.54, 1.807) is 0 Å². The molecule has 4 nitrogen and oxygen atoms in total. The van der Waals surface area contributed by atoms with Gasteiger partial charge in [-0.15, -0.1) is 0 Å². The topological polar surface area (TPSA) is 61.4 Å². The second kappa shape index (κ2) is 7.13. The van der Waals surface area contributed by atoms with E-state index in [2.05, 4.69) is 17.8 Å². The van der Waals surface area contributed by atoms with Crippen molar-refractivity contribution >= 4 is 5.97 Å². The van der Waals surface area contributed by atoms with E-state index in [1.165, 1.54) is 5.56 Å². The molecule has 0 aliphatic carbocycles. The first-order valence-electron chi connectivity index (χ1n) is 6.34. The van der Waals surface area contributed by atoms with E-state index in [0.29, 0.717) is 6.42 Å². The van der Waals surface area contributed by atoms with E-state index >= 15 is 0 Å². The average Bonchev–Trinajstić information content (AvgIpc) is 2.34. The fourth-order valence-corrected chi connectivity index (χ4v) is 1.61. The third-order valence-electron chi connectivity index (χ3n) is 2.72. The van der Waals surface area contributed by atoms with Crippen LogP contribution in [0.25, 0.3) is 0 Å². The predicted molar refractivity (Wildman–Crippen MR) is 72.4 cm³/mol. The fraction of sp³-hybridized carbons (Fsp3) is 0.500. The maximum Gasteiger partial charge on any atom is 0.322 e. The summed E-state index contributed by atoms with van der Waals surface area (Å²) in [5.74, 6) is -0.845. The second-order valence-corrected chi connectivity index (χ2v) is 4.71. The van der Waals surface area contributed by atoms with Crippen molar-refractivity contribution in [1.29, 1.82) is 0 Å². The molecular weight excluding hydrogens is 228 g/mol. The molecular formula is C14H22N2O2. The molecule has 0 aromatic heterocycles. The van der Waals surface area contributed by atoms with Crippen LogP contribution in [0.15, 0.2) is 24.3 Å². The summed E-state index contributed by atoms with van der Waals surface area (Å²) in [6, 6.07) is 7.67. The molecule has 1 aromatic rings. The van der Waals surface area contributed by atoms with Crippen molar-refractivity contribution in [3.05, 3.63) is 35.4 Å².